The van der Waals surface area contributed by atoms with Gasteiger partial charge in [0, 0.05) is 5.56 Å². The van der Waals surface area contributed by atoms with E-state index >= 15 is 0 Å². The Morgan fingerprint density at radius 3 is 2.35 bits per heavy atom. The lowest BCUT2D eigenvalue weighted by atomic mass is 9.95. The number of hydrogen-bond acceptors (Lipinski definition) is 3. The van der Waals surface area contributed by atoms with Crippen LogP contribution in [0.1, 0.15) is 19.4 Å². The Morgan fingerprint density at radius 1 is 1.41 bits per heavy atom. The molecule has 0 amide bonds. The van der Waals surface area contributed by atoms with Gasteiger partial charge in [0.1, 0.15) is 17.3 Å². The average molecular weight is 253 g/mol. The molecule has 0 heterocycles. The summed E-state index contributed by atoms with van der Waals surface area (Å²) in [5, 5.41) is 8.92. The van der Waals surface area contributed by atoms with Gasteiger partial charge in [-0.3, -0.25) is 4.79 Å². The summed E-state index contributed by atoms with van der Waals surface area (Å²) < 4.78 is 5.40. The second-order valence-corrected chi connectivity index (χ2v) is 4.81. The largest absolute Gasteiger partial charge is 0.492 e. The number of benzene rings is 1. The van der Waals surface area contributed by atoms with Crippen LogP contribution in [0.2, 0.25) is 0 Å². The molecule has 1 rings (SSSR count). The molecule has 3 N–H and O–H groups in total. The quantitative estimate of drug-likeness (QED) is 0.783. The van der Waals surface area contributed by atoms with Crippen LogP contribution in [0.5, 0.6) is 5.75 Å². The fourth-order valence-corrected chi connectivity index (χ4v) is 1.18. The van der Waals surface area contributed by atoms with Crippen LogP contribution in [-0.4, -0.2) is 22.7 Å². The zero-order chi connectivity index (χ0) is 13.1. The smallest absolute Gasteiger partial charge is 0.312 e. The number of carboxylic acids is 1. The minimum Gasteiger partial charge on any atom is -0.492 e. The lowest BCUT2D eigenvalue weighted by Gasteiger charge is -2.19. The van der Waals surface area contributed by atoms with Crippen molar-refractivity contribution in [1.82, 2.24) is 0 Å². The third kappa shape index (κ3) is 3.71. The molecule has 0 aliphatic carbocycles. The number of rotatable bonds is 5. The van der Waals surface area contributed by atoms with Crippen LogP contribution in [0.3, 0.4) is 0 Å². The topological polar surface area (TPSA) is 72.5 Å². The fraction of sp³-hybridized carbons (Fsp3) is 0.333. The molecule has 5 heteroatoms. The van der Waals surface area contributed by atoms with Crippen molar-refractivity contribution in [3.8, 4) is 5.75 Å². The first-order chi connectivity index (χ1) is 7.83. The van der Waals surface area contributed by atoms with E-state index in [2.05, 4.69) is 0 Å². The Balaban J connectivity index is 2.65. The van der Waals surface area contributed by atoms with Crippen LogP contribution in [0.15, 0.2) is 24.3 Å². The molecule has 0 fully saturated rings. The Morgan fingerprint density at radius 2 is 1.94 bits per heavy atom. The highest BCUT2D eigenvalue weighted by atomic mass is 32.1. The van der Waals surface area contributed by atoms with Gasteiger partial charge < -0.3 is 15.6 Å². The maximum absolute atomic E-state index is 10.9. The van der Waals surface area contributed by atoms with Gasteiger partial charge in [0.25, 0.3) is 0 Å². The van der Waals surface area contributed by atoms with E-state index in [4.69, 9.17) is 27.8 Å². The number of carboxylic acid groups (broad SMARTS) is 1. The van der Waals surface area contributed by atoms with Gasteiger partial charge in [-0.15, -0.1) is 0 Å². The molecule has 4 nitrogen and oxygen atoms in total. The van der Waals surface area contributed by atoms with Crippen LogP contribution < -0.4 is 10.5 Å². The molecule has 1 aromatic rings. The second kappa shape index (κ2) is 5.14. The molecule has 0 radical (unpaired) electrons. The van der Waals surface area contributed by atoms with Gasteiger partial charge in [0.15, 0.2) is 0 Å². The first-order valence-electron chi connectivity index (χ1n) is 5.09. The van der Waals surface area contributed by atoms with Crippen molar-refractivity contribution < 1.29 is 14.6 Å². The Kier molecular flexibility index (Phi) is 4.07. The molecular formula is C12H15NO3S. The molecule has 0 aliphatic heterocycles. The number of aliphatic carboxylic acids is 1. The third-order valence-corrected chi connectivity index (χ3v) is 2.55. The zero-order valence-corrected chi connectivity index (χ0v) is 10.6. The van der Waals surface area contributed by atoms with E-state index in [-0.39, 0.29) is 6.61 Å². The minimum atomic E-state index is -0.915. The van der Waals surface area contributed by atoms with E-state index in [1.807, 2.05) is 0 Å². The van der Waals surface area contributed by atoms with Gasteiger partial charge in [-0.2, -0.15) is 0 Å². The minimum absolute atomic E-state index is 0.106. The zero-order valence-electron chi connectivity index (χ0n) is 9.77. The van der Waals surface area contributed by atoms with E-state index < -0.39 is 11.4 Å². The Hall–Kier alpha value is -1.62. The summed E-state index contributed by atoms with van der Waals surface area (Å²) >= 11 is 4.82. The van der Waals surface area contributed by atoms with Crippen molar-refractivity contribution in [2.24, 2.45) is 11.1 Å². The molecule has 92 valence electrons. The Labute approximate surface area is 105 Å². The van der Waals surface area contributed by atoms with Gasteiger partial charge in [-0.05, 0) is 38.1 Å². The molecule has 0 saturated heterocycles. The molecule has 1 aromatic carbocycles. The molecule has 0 spiro atoms. The maximum Gasteiger partial charge on any atom is 0.312 e. The van der Waals surface area contributed by atoms with Crippen molar-refractivity contribution in [3.63, 3.8) is 0 Å². The first-order valence-corrected chi connectivity index (χ1v) is 5.50. The Bertz CT molecular complexity index is 426. The summed E-state index contributed by atoms with van der Waals surface area (Å²) in [6.45, 7) is 3.33. The highest BCUT2D eigenvalue weighted by Gasteiger charge is 2.28. The van der Waals surface area contributed by atoms with Crippen molar-refractivity contribution in [2.75, 3.05) is 6.61 Å². The van der Waals surface area contributed by atoms with Crippen molar-refractivity contribution >= 4 is 23.2 Å². The van der Waals surface area contributed by atoms with Crippen LogP contribution >= 0.6 is 12.2 Å². The van der Waals surface area contributed by atoms with E-state index in [0.29, 0.717) is 10.7 Å². The van der Waals surface area contributed by atoms with Crippen LogP contribution in [-0.2, 0) is 4.79 Å². The van der Waals surface area contributed by atoms with Gasteiger partial charge in [-0.25, -0.2) is 0 Å². The van der Waals surface area contributed by atoms with Gasteiger partial charge in [0.2, 0.25) is 0 Å². The normalized spacial score (nSPS) is 10.9. The molecule has 0 atom stereocenters. The third-order valence-electron chi connectivity index (χ3n) is 2.32. The molecule has 17 heavy (non-hydrogen) atoms. The predicted molar refractivity (Wildman–Crippen MR) is 69.2 cm³/mol. The van der Waals surface area contributed by atoms with Crippen molar-refractivity contribution in [1.29, 1.82) is 0 Å². The first kappa shape index (κ1) is 13.4. The highest BCUT2D eigenvalue weighted by Crippen LogP contribution is 2.19. The number of hydrogen-bond donors (Lipinski definition) is 2. The fourth-order valence-electron chi connectivity index (χ4n) is 1.04. The van der Waals surface area contributed by atoms with Crippen LogP contribution in [0.4, 0.5) is 0 Å². The summed E-state index contributed by atoms with van der Waals surface area (Å²) in [6.07, 6.45) is 0. The van der Waals surface area contributed by atoms with Crippen LogP contribution in [0, 0.1) is 5.41 Å². The molecular weight excluding hydrogens is 238 g/mol. The monoisotopic (exact) mass is 253 g/mol. The van der Waals surface area contributed by atoms with E-state index in [1.165, 1.54) is 0 Å². The summed E-state index contributed by atoms with van der Waals surface area (Å²) in [7, 11) is 0. The van der Waals surface area contributed by atoms with E-state index in [1.54, 1.807) is 38.1 Å². The number of nitrogens with two attached hydrogens (primary N) is 1. The number of ether oxygens (including phenoxy) is 1. The van der Waals surface area contributed by atoms with Crippen LogP contribution in [0.25, 0.3) is 0 Å². The molecule has 0 aliphatic rings. The van der Waals surface area contributed by atoms with E-state index in [0.717, 1.165) is 5.56 Å². The predicted octanol–water partition coefficient (Wildman–Crippen LogP) is 1.81. The molecule has 0 saturated carbocycles. The van der Waals surface area contributed by atoms with Crippen molar-refractivity contribution in [2.45, 2.75) is 13.8 Å². The van der Waals surface area contributed by atoms with Gasteiger partial charge in [0.05, 0.1) is 5.41 Å². The standard InChI is InChI=1S/C12H15NO3S/c1-12(2,11(14)15)7-16-9-5-3-8(4-6-9)10(13)17/h3-6H,7H2,1-2H3,(H2,13,17)(H,14,15). The molecule has 0 bridgehead atoms. The number of carbonyl (C=O) groups is 1. The highest BCUT2D eigenvalue weighted by molar-refractivity contribution is 7.80. The summed E-state index contributed by atoms with van der Waals surface area (Å²) in [5.41, 5.74) is 5.30. The molecule has 0 aromatic heterocycles. The van der Waals surface area contributed by atoms with Gasteiger partial charge >= 0.3 is 5.97 Å². The SMILES string of the molecule is CC(C)(COc1ccc(C(N)=S)cc1)C(=O)O. The number of thiocarbonyl (C=S) groups is 1. The lowest BCUT2D eigenvalue weighted by Crippen LogP contribution is -2.30. The molecule has 0 unspecified atom stereocenters. The summed E-state index contributed by atoms with van der Waals surface area (Å²) in [6, 6.07) is 6.91. The lowest BCUT2D eigenvalue weighted by molar-refractivity contribution is -0.148. The second-order valence-electron chi connectivity index (χ2n) is 4.37. The summed E-state index contributed by atoms with van der Waals surface area (Å²) in [4.78, 5) is 11.2. The maximum atomic E-state index is 10.9. The summed E-state index contributed by atoms with van der Waals surface area (Å²) in [5.74, 6) is -0.295. The average Bonchev–Trinajstić information content (AvgIpc) is 2.27. The van der Waals surface area contributed by atoms with Crippen molar-refractivity contribution in [3.05, 3.63) is 29.8 Å². The van der Waals surface area contributed by atoms with E-state index in [9.17, 15) is 4.79 Å². The van der Waals surface area contributed by atoms with Gasteiger partial charge in [-0.1, -0.05) is 12.2 Å².